The van der Waals surface area contributed by atoms with Gasteiger partial charge in [0.05, 0.1) is 10.7 Å². The highest BCUT2D eigenvalue weighted by atomic mass is 35.5. The lowest BCUT2D eigenvalue weighted by atomic mass is 10.3. The Hall–Kier alpha value is -0.970. The Kier molecular flexibility index (Phi) is 3.82. The van der Waals surface area contributed by atoms with Gasteiger partial charge in [-0.1, -0.05) is 18.5 Å². The third-order valence-electron chi connectivity index (χ3n) is 3.20. The van der Waals surface area contributed by atoms with E-state index >= 15 is 0 Å². The van der Waals surface area contributed by atoms with Crippen LogP contribution in [-0.2, 0) is 13.0 Å². The van der Waals surface area contributed by atoms with Gasteiger partial charge in [-0.2, -0.15) is 0 Å². The number of rotatable bonds is 5. The van der Waals surface area contributed by atoms with Crippen LogP contribution in [-0.4, -0.2) is 16.0 Å². The zero-order valence-electron chi connectivity index (χ0n) is 10.8. The van der Waals surface area contributed by atoms with E-state index in [1.54, 1.807) is 17.5 Å². The molecule has 0 bridgehead atoms. The van der Waals surface area contributed by atoms with Crippen LogP contribution < -0.4 is 5.32 Å². The monoisotopic (exact) mass is 293 g/mol. The first-order chi connectivity index (χ1) is 9.28. The number of halogens is 1. The molecule has 0 amide bonds. The number of hydrogen-bond donors (Lipinski definition) is 1. The maximum Gasteiger partial charge on any atom is 0.143 e. The van der Waals surface area contributed by atoms with E-state index < -0.39 is 0 Å². The quantitative estimate of drug-likeness (QED) is 0.914. The Morgan fingerprint density at radius 2 is 2.32 bits per heavy atom. The van der Waals surface area contributed by atoms with Crippen LogP contribution in [0.25, 0.3) is 10.7 Å². The van der Waals surface area contributed by atoms with Gasteiger partial charge in [-0.3, -0.25) is 4.98 Å². The van der Waals surface area contributed by atoms with Crippen molar-refractivity contribution in [3.8, 4) is 10.7 Å². The Morgan fingerprint density at radius 3 is 3.00 bits per heavy atom. The number of pyridine rings is 1. The second-order valence-electron chi connectivity index (χ2n) is 4.73. The van der Waals surface area contributed by atoms with Crippen molar-refractivity contribution >= 4 is 22.9 Å². The van der Waals surface area contributed by atoms with E-state index in [0.717, 1.165) is 29.4 Å². The molecule has 3 rings (SSSR count). The predicted octanol–water partition coefficient (Wildman–Crippen LogP) is 3.67. The minimum Gasteiger partial charge on any atom is -0.309 e. The number of aryl methyl sites for hydroxylation is 1. The molecular formula is C14H16ClN3S. The van der Waals surface area contributed by atoms with Crippen molar-refractivity contribution in [1.29, 1.82) is 0 Å². The molecule has 2 aromatic rings. The molecule has 2 aromatic heterocycles. The summed E-state index contributed by atoms with van der Waals surface area (Å²) in [5, 5.41) is 5.14. The highest BCUT2D eigenvalue weighted by Gasteiger charge is 2.21. The van der Waals surface area contributed by atoms with Crippen molar-refractivity contribution in [2.75, 3.05) is 0 Å². The summed E-state index contributed by atoms with van der Waals surface area (Å²) in [6.45, 7) is 3.05. The molecule has 1 saturated carbocycles. The largest absolute Gasteiger partial charge is 0.309 e. The summed E-state index contributed by atoms with van der Waals surface area (Å²) in [6.07, 6.45) is 5.32. The summed E-state index contributed by atoms with van der Waals surface area (Å²) >= 11 is 7.89. The van der Waals surface area contributed by atoms with E-state index in [2.05, 4.69) is 22.2 Å². The third kappa shape index (κ3) is 2.96. The Bertz CT molecular complexity index is 578. The summed E-state index contributed by atoms with van der Waals surface area (Å²) in [4.78, 5) is 10.3. The van der Waals surface area contributed by atoms with E-state index in [9.17, 15) is 0 Å². The molecule has 0 aromatic carbocycles. The minimum absolute atomic E-state index is 0.667. The Labute approximate surface area is 122 Å². The summed E-state index contributed by atoms with van der Waals surface area (Å²) in [5.41, 5.74) is 1.96. The Morgan fingerprint density at radius 1 is 1.47 bits per heavy atom. The number of nitrogens with one attached hydrogen (secondary N) is 1. The number of aromatic nitrogens is 2. The highest BCUT2D eigenvalue weighted by molar-refractivity contribution is 7.15. The molecule has 0 radical (unpaired) electrons. The molecule has 0 aliphatic heterocycles. The first kappa shape index (κ1) is 13.0. The molecule has 1 fully saturated rings. The number of nitrogens with zero attached hydrogens (tertiary/aromatic N) is 2. The van der Waals surface area contributed by atoms with Gasteiger partial charge >= 0.3 is 0 Å². The first-order valence-corrected chi connectivity index (χ1v) is 7.80. The van der Waals surface area contributed by atoms with Gasteiger partial charge in [-0.15, -0.1) is 11.3 Å². The lowest BCUT2D eigenvalue weighted by Gasteiger charge is -2.00. The molecule has 3 nitrogen and oxygen atoms in total. The molecule has 100 valence electrons. The van der Waals surface area contributed by atoms with Gasteiger partial charge in [0, 0.05) is 23.7 Å². The molecule has 0 spiro atoms. The second-order valence-corrected chi connectivity index (χ2v) is 6.22. The van der Waals surface area contributed by atoms with Crippen molar-refractivity contribution in [3.05, 3.63) is 33.9 Å². The minimum atomic E-state index is 0.667. The van der Waals surface area contributed by atoms with E-state index in [4.69, 9.17) is 11.6 Å². The smallest absolute Gasteiger partial charge is 0.143 e. The van der Waals surface area contributed by atoms with Crippen LogP contribution in [0.5, 0.6) is 0 Å². The Balaban J connectivity index is 1.87. The highest BCUT2D eigenvalue weighted by Crippen LogP contribution is 2.32. The molecule has 0 unspecified atom stereocenters. The van der Waals surface area contributed by atoms with Crippen LogP contribution >= 0.6 is 22.9 Å². The van der Waals surface area contributed by atoms with Crippen molar-refractivity contribution in [2.24, 2.45) is 0 Å². The molecule has 1 N–H and O–H groups in total. The van der Waals surface area contributed by atoms with Gasteiger partial charge in [0.2, 0.25) is 0 Å². The van der Waals surface area contributed by atoms with Gasteiger partial charge in [0.15, 0.2) is 0 Å². The van der Waals surface area contributed by atoms with E-state index in [1.165, 1.54) is 17.7 Å². The summed E-state index contributed by atoms with van der Waals surface area (Å²) < 4.78 is 0. The van der Waals surface area contributed by atoms with Gasteiger partial charge in [0.25, 0.3) is 0 Å². The maximum atomic E-state index is 6.19. The summed E-state index contributed by atoms with van der Waals surface area (Å²) in [7, 11) is 0. The van der Waals surface area contributed by atoms with Gasteiger partial charge in [-0.05, 0) is 31.4 Å². The second kappa shape index (κ2) is 5.57. The summed E-state index contributed by atoms with van der Waals surface area (Å²) in [5.74, 6) is 0. The number of thiazole rings is 1. The van der Waals surface area contributed by atoms with Crippen LogP contribution in [0, 0.1) is 0 Å². The van der Waals surface area contributed by atoms with Gasteiger partial charge in [0.1, 0.15) is 10.7 Å². The normalized spacial score (nSPS) is 14.8. The lowest BCUT2D eigenvalue weighted by molar-refractivity contribution is 0.689. The average Bonchev–Trinajstić information content (AvgIpc) is 3.16. The zero-order valence-corrected chi connectivity index (χ0v) is 12.4. The van der Waals surface area contributed by atoms with E-state index in [-0.39, 0.29) is 0 Å². The number of hydrogen-bond acceptors (Lipinski definition) is 4. The summed E-state index contributed by atoms with van der Waals surface area (Å²) in [6, 6.07) is 4.42. The molecule has 19 heavy (non-hydrogen) atoms. The van der Waals surface area contributed by atoms with Crippen molar-refractivity contribution in [3.63, 3.8) is 0 Å². The average molecular weight is 294 g/mol. The topological polar surface area (TPSA) is 37.8 Å². The fourth-order valence-corrected chi connectivity index (χ4v) is 3.35. The zero-order chi connectivity index (χ0) is 13.2. The molecular weight excluding hydrogens is 278 g/mol. The van der Waals surface area contributed by atoms with Crippen LogP contribution in [0.3, 0.4) is 0 Å². The van der Waals surface area contributed by atoms with Crippen molar-refractivity contribution in [2.45, 2.75) is 38.8 Å². The van der Waals surface area contributed by atoms with Gasteiger partial charge < -0.3 is 5.32 Å². The van der Waals surface area contributed by atoms with Crippen LogP contribution in [0.15, 0.2) is 18.3 Å². The van der Waals surface area contributed by atoms with Crippen LogP contribution in [0.1, 0.15) is 30.3 Å². The van der Waals surface area contributed by atoms with E-state index in [0.29, 0.717) is 11.1 Å². The lowest BCUT2D eigenvalue weighted by Crippen LogP contribution is -2.15. The van der Waals surface area contributed by atoms with Crippen molar-refractivity contribution < 1.29 is 0 Å². The molecule has 0 atom stereocenters. The van der Waals surface area contributed by atoms with Crippen molar-refractivity contribution in [1.82, 2.24) is 15.3 Å². The maximum absolute atomic E-state index is 6.19. The fraction of sp³-hybridized carbons (Fsp3) is 0.429. The third-order valence-corrected chi connectivity index (χ3v) is 4.61. The van der Waals surface area contributed by atoms with E-state index in [1.807, 2.05) is 12.1 Å². The molecule has 5 heteroatoms. The standard InChI is InChI=1S/C14H16ClN3S/c1-2-11-12(8-17-9-5-6-9)19-14(18-11)13-10(15)4-3-7-16-13/h3-4,7,9,17H,2,5-6,8H2,1H3. The fourth-order valence-electron chi connectivity index (χ4n) is 1.97. The SMILES string of the molecule is CCc1nc(-c2ncccc2Cl)sc1CNC1CC1. The molecule has 1 aliphatic rings. The molecule has 1 aliphatic carbocycles. The van der Waals surface area contributed by atoms with Crippen LogP contribution in [0.2, 0.25) is 5.02 Å². The molecule has 2 heterocycles. The first-order valence-electron chi connectivity index (χ1n) is 6.60. The predicted molar refractivity (Wildman–Crippen MR) is 79.6 cm³/mol. The van der Waals surface area contributed by atoms with Crippen LogP contribution in [0.4, 0.5) is 0 Å². The molecule has 0 saturated heterocycles. The van der Waals surface area contributed by atoms with Gasteiger partial charge in [-0.25, -0.2) is 4.98 Å².